The van der Waals surface area contributed by atoms with Crippen LogP contribution >= 0.6 is 0 Å². The summed E-state index contributed by atoms with van der Waals surface area (Å²) >= 11 is 0. The van der Waals surface area contributed by atoms with Crippen molar-refractivity contribution in [2.45, 2.75) is 32.3 Å². The number of carbonyl (C=O) groups is 1. The average Bonchev–Trinajstić information content (AvgIpc) is 3.64. The maximum absolute atomic E-state index is 11.8. The fourth-order valence-electron chi connectivity index (χ4n) is 3.60. The predicted molar refractivity (Wildman–Crippen MR) is 118 cm³/mol. The third-order valence-corrected chi connectivity index (χ3v) is 5.32. The third-order valence-electron chi connectivity index (χ3n) is 5.32. The zero-order valence-electron chi connectivity index (χ0n) is 17.2. The second-order valence-corrected chi connectivity index (χ2v) is 7.53. The van der Waals surface area contributed by atoms with Gasteiger partial charge in [-0.3, -0.25) is 5.43 Å². The number of nitrogens with two attached hydrogens (primary N) is 1. The minimum atomic E-state index is -0.471. The smallest absolute Gasteiger partial charge is 0.333 e. The van der Waals surface area contributed by atoms with Crippen molar-refractivity contribution in [1.82, 2.24) is 10.4 Å². The van der Waals surface area contributed by atoms with Gasteiger partial charge in [0.1, 0.15) is 24.1 Å². The Labute approximate surface area is 180 Å². The zero-order chi connectivity index (χ0) is 21.8. The number of urea groups is 1. The monoisotopic (exact) mass is 413 g/mol. The van der Waals surface area contributed by atoms with Gasteiger partial charge in [0.2, 0.25) is 0 Å². The molecule has 0 aliphatic heterocycles. The van der Waals surface area contributed by atoms with Gasteiger partial charge in [-0.15, -0.1) is 0 Å². The summed E-state index contributed by atoms with van der Waals surface area (Å²) < 4.78 is 6.16. The molecule has 1 heterocycles. The second-order valence-electron chi connectivity index (χ2n) is 7.53. The minimum absolute atomic E-state index is 0.329. The van der Waals surface area contributed by atoms with Crippen LogP contribution in [-0.4, -0.2) is 11.0 Å². The Balaban J connectivity index is 1.57. The molecular formula is C24H23N5O2. The Morgan fingerprint density at radius 2 is 2.03 bits per heavy atom. The molecular weight excluding hydrogens is 390 g/mol. The van der Waals surface area contributed by atoms with Crippen LogP contribution in [0.15, 0.2) is 54.6 Å². The van der Waals surface area contributed by atoms with Crippen LogP contribution in [0.3, 0.4) is 0 Å². The Bertz CT molecular complexity index is 1160. The van der Waals surface area contributed by atoms with Crippen molar-refractivity contribution in [2.24, 2.45) is 5.84 Å². The molecule has 31 heavy (non-hydrogen) atoms. The van der Waals surface area contributed by atoms with Gasteiger partial charge >= 0.3 is 6.03 Å². The molecule has 1 aliphatic rings. The van der Waals surface area contributed by atoms with E-state index in [0.29, 0.717) is 23.9 Å². The average molecular weight is 413 g/mol. The molecule has 0 radical (unpaired) electrons. The third kappa shape index (κ3) is 4.65. The molecule has 0 bridgehead atoms. The van der Waals surface area contributed by atoms with E-state index in [9.17, 15) is 4.79 Å². The van der Waals surface area contributed by atoms with Crippen LogP contribution in [0.2, 0.25) is 0 Å². The highest BCUT2D eigenvalue weighted by atomic mass is 16.5. The van der Waals surface area contributed by atoms with E-state index >= 15 is 0 Å². The number of amides is 2. The highest BCUT2D eigenvalue weighted by Gasteiger charge is 2.27. The fraction of sp³-hybridized carbons (Fsp3) is 0.208. The molecule has 1 fully saturated rings. The van der Waals surface area contributed by atoms with Crippen molar-refractivity contribution in [2.75, 3.05) is 5.32 Å². The van der Waals surface area contributed by atoms with E-state index in [4.69, 9.17) is 15.8 Å². The summed E-state index contributed by atoms with van der Waals surface area (Å²) in [5.41, 5.74) is 7.95. The van der Waals surface area contributed by atoms with Gasteiger partial charge in [0.05, 0.1) is 5.69 Å². The first-order valence-corrected chi connectivity index (χ1v) is 10.1. The van der Waals surface area contributed by atoms with Crippen LogP contribution in [-0.2, 0) is 6.61 Å². The molecule has 7 nitrogen and oxygen atoms in total. The van der Waals surface area contributed by atoms with Gasteiger partial charge in [0.25, 0.3) is 0 Å². The highest BCUT2D eigenvalue weighted by molar-refractivity contribution is 5.90. The molecule has 1 aliphatic carbocycles. The predicted octanol–water partition coefficient (Wildman–Crippen LogP) is 4.38. The summed E-state index contributed by atoms with van der Waals surface area (Å²) in [5.74, 6) is 6.48. The molecule has 4 N–H and O–H groups in total. The topological polar surface area (TPSA) is 113 Å². The lowest BCUT2D eigenvalue weighted by atomic mass is 10.0. The quantitative estimate of drug-likeness (QED) is 0.315. The molecule has 0 atom stereocenters. The van der Waals surface area contributed by atoms with E-state index in [0.717, 1.165) is 41.0 Å². The maximum Gasteiger partial charge on any atom is 0.333 e. The first kappa shape index (κ1) is 20.4. The number of anilines is 1. The Hall–Kier alpha value is -3.89. The van der Waals surface area contributed by atoms with Crippen molar-refractivity contribution in [3.63, 3.8) is 0 Å². The lowest BCUT2D eigenvalue weighted by molar-refractivity contribution is 0.252. The molecule has 1 aromatic heterocycles. The number of hydrogen-bond acceptors (Lipinski definition) is 5. The zero-order valence-corrected chi connectivity index (χ0v) is 17.2. The van der Waals surface area contributed by atoms with Crippen molar-refractivity contribution in [3.8, 4) is 23.1 Å². The van der Waals surface area contributed by atoms with Gasteiger partial charge < -0.3 is 10.1 Å². The number of rotatable bonds is 6. The number of nitriles is 1. The fourth-order valence-corrected chi connectivity index (χ4v) is 3.60. The Morgan fingerprint density at radius 1 is 1.23 bits per heavy atom. The molecule has 4 rings (SSSR count). The van der Waals surface area contributed by atoms with Crippen molar-refractivity contribution in [3.05, 3.63) is 77.0 Å². The lowest BCUT2D eigenvalue weighted by Gasteiger charge is -2.17. The second kappa shape index (κ2) is 8.86. The van der Waals surface area contributed by atoms with Crippen molar-refractivity contribution >= 4 is 11.7 Å². The van der Waals surface area contributed by atoms with Crippen molar-refractivity contribution in [1.29, 1.82) is 5.26 Å². The highest BCUT2D eigenvalue weighted by Crippen LogP contribution is 2.43. The summed E-state index contributed by atoms with van der Waals surface area (Å²) in [6.45, 7) is 2.30. The van der Waals surface area contributed by atoms with E-state index in [1.54, 1.807) is 6.07 Å². The SMILES string of the molecule is Cc1cc(-c2cccc(C#N)n2)ccc1OCc1c(NC(=O)NN)cccc1C1CC1. The van der Waals surface area contributed by atoms with Gasteiger partial charge in [-0.25, -0.2) is 15.6 Å². The van der Waals surface area contributed by atoms with Gasteiger partial charge in [-0.05, 0) is 73.2 Å². The van der Waals surface area contributed by atoms with Gasteiger partial charge in [-0.2, -0.15) is 5.26 Å². The molecule has 0 saturated heterocycles. The van der Waals surface area contributed by atoms with E-state index in [1.807, 2.05) is 49.4 Å². The summed E-state index contributed by atoms with van der Waals surface area (Å²) in [4.78, 5) is 16.1. The number of hydrogen-bond donors (Lipinski definition) is 3. The van der Waals surface area contributed by atoms with Crippen LogP contribution in [0, 0.1) is 18.3 Å². The molecule has 2 aromatic carbocycles. The standard InChI is InChI=1S/C24H23N5O2/c1-15-12-17(21-6-2-4-18(13-25)27-21)10-11-23(15)31-14-20-19(16-8-9-16)5-3-7-22(20)28-24(30)29-26/h2-7,10-12,16H,8-9,14,26H2,1H3,(H2,28,29,30). The van der Waals surface area contributed by atoms with Gasteiger partial charge in [0, 0.05) is 16.8 Å². The Morgan fingerprint density at radius 3 is 2.74 bits per heavy atom. The number of pyridine rings is 1. The maximum atomic E-state index is 11.8. The number of carbonyl (C=O) groups excluding carboxylic acids is 1. The summed E-state index contributed by atoms with van der Waals surface area (Å²) in [7, 11) is 0. The van der Waals surface area contributed by atoms with Crippen LogP contribution < -0.4 is 21.3 Å². The van der Waals surface area contributed by atoms with Crippen LogP contribution in [0.25, 0.3) is 11.3 Å². The number of aromatic nitrogens is 1. The molecule has 0 unspecified atom stereocenters. The van der Waals surface area contributed by atoms with Crippen LogP contribution in [0.4, 0.5) is 10.5 Å². The number of nitrogens with one attached hydrogen (secondary N) is 2. The number of aryl methyl sites for hydroxylation is 1. The van der Waals surface area contributed by atoms with Gasteiger partial charge in [-0.1, -0.05) is 18.2 Å². The van der Waals surface area contributed by atoms with Gasteiger partial charge in [0.15, 0.2) is 0 Å². The van der Waals surface area contributed by atoms with E-state index < -0.39 is 6.03 Å². The van der Waals surface area contributed by atoms with E-state index in [1.165, 1.54) is 5.56 Å². The summed E-state index contributed by atoms with van der Waals surface area (Å²) in [6.07, 6.45) is 2.28. The molecule has 156 valence electrons. The Kier molecular flexibility index (Phi) is 5.83. The molecule has 7 heteroatoms. The van der Waals surface area contributed by atoms with E-state index in [-0.39, 0.29) is 0 Å². The first-order chi connectivity index (χ1) is 15.1. The van der Waals surface area contributed by atoms with Crippen molar-refractivity contribution < 1.29 is 9.53 Å². The molecule has 0 spiro atoms. The number of benzene rings is 2. The number of ether oxygens (including phenoxy) is 1. The lowest BCUT2D eigenvalue weighted by Crippen LogP contribution is -2.34. The van der Waals surface area contributed by atoms with Crippen LogP contribution in [0.1, 0.15) is 41.1 Å². The normalized spacial score (nSPS) is 12.7. The van der Waals surface area contributed by atoms with E-state index in [2.05, 4.69) is 27.9 Å². The molecule has 1 saturated carbocycles. The summed E-state index contributed by atoms with van der Waals surface area (Å²) in [6, 6.07) is 18.7. The number of hydrazine groups is 1. The first-order valence-electron chi connectivity index (χ1n) is 10.1. The minimum Gasteiger partial charge on any atom is -0.489 e. The molecule has 3 aromatic rings. The molecule has 2 amide bonds. The number of nitrogens with zero attached hydrogens (tertiary/aromatic N) is 2. The van der Waals surface area contributed by atoms with Crippen LogP contribution in [0.5, 0.6) is 5.75 Å². The largest absolute Gasteiger partial charge is 0.489 e. The summed E-state index contributed by atoms with van der Waals surface area (Å²) in [5, 5.41) is 11.9.